The van der Waals surface area contributed by atoms with E-state index in [4.69, 9.17) is 5.21 Å². The molecule has 0 unspecified atom stereocenters. The van der Waals surface area contributed by atoms with Gasteiger partial charge >= 0.3 is 6.03 Å². The summed E-state index contributed by atoms with van der Waals surface area (Å²) in [5, 5.41) is 17.5. The molecule has 1 aromatic carbocycles. The first-order valence-electron chi connectivity index (χ1n) is 5.71. The number of anilines is 1. The van der Waals surface area contributed by atoms with Crippen LogP contribution in [0.4, 0.5) is 10.5 Å². The van der Waals surface area contributed by atoms with Gasteiger partial charge < -0.3 is 15.8 Å². The molecule has 0 aliphatic heterocycles. The maximum atomic E-state index is 11.8. The van der Waals surface area contributed by atoms with Crippen LogP contribution in [0, 0.1) is 0 Å². The summed E-state index contributed by atoms with van der Waals surface area (Å²) >= 11 is 0. The van der Waals surface area contributed by atoms with Crippen LogP contribution in [0.1, 0.15) is 33.3 Å². The highest BCUT2D eigenvalue weighted by molar-refractivity contribution is 6.06. The molecule has 2 amide bonds. The summed E-state index contributed by atoms with van der Waals surface area (Å²) in [6.07, 6.45) is 0. The predicted molar refractivity (Wildman–Crippen MR) is 72.3 cm³/mol. The fraction of sp³-hybridized carbons (Fsp3) is 0.385. The maximum Gasteiger partial charge on any atom is 0.319 e. The van der Waals surface area contributed by atoms with Crippen molar-refractivity contribution < 1.29 is 10.0 Å². The highest BCUT2D eigenvalue weighted by Gasteiger charge is 2.15. The first-order chi connectivity index (χ1) is 8.33. The second-order valence-corrected chi connectivity index (χ2v) is 5.06. The molecule has 0 aliphatic carbocycles. The maximum absolute atomic E-state index is 11.8. The Bertz CT molecular complexity index is 462. The van der Waals surface area contributed by atoms with Gasteiger partial charge in [-0.2, -0.15) is 0 Å². The minimum absolute atomic E-state index is 0.291. The van der Waals surface area contributed by atoms with Crippen molar-refractivity contribution in [2.45, 2.75) is 33.2 Å². The largest absolute Gasteiger partial charge is 0.411 e. The van der Waals surface area contributed by atoms with Crippen molar-refractivity contribution in [2.24, 2.45) is 5.16 Å². The second kappa shape index (κ2) is 5.53. The van der Waals surface area contributed by atoms with Gasteiger partial charge in [0.15, 0.2) is 0 Å². The molecule has 0 spiro atoms. The molecule has 1 rings (SSSR count). The number of benzene rings is 1. The summed E-state index contributed by atoms with van der Waals surface area (Å²) in [6.45, 7) is 7.37. The van der Waals surface area contributed by atoms with Gasteiger partial charge in [0.1, 0.15) is 0 Å². The number of hydrogen-bond acceptors (Lipinski definition) is 3. The average Bonchev–Trinajstić information content (AvgIpc) is 2.26. The van der Waals surface area contributed by atoms with Crippen molar-refractivity contribution in [1.82, 2.24) is 5.32 Å². The minimum Gasteiger partial charge on any atom is -0.411 e. The Kier molecular flexibility index (Phi) is 4.31. The first kappa shape index (κ1) is 14.0. The van der Waals surface area contributed by atoms with Crippen molar-refractivity contribution in [1.29, 1.82) is 0 Å². The first-order valence-corrected chi connectivity index (χ1v) is 5.71. The van der Waals surface area contributed by atoms with Crippen LogP contribution in [0.25, 0.3) is 0 Å². The molecule has 0 saturated carbocycles. The summed E-state index contributed by atoms with van der Waals surface area (Å²) in [7, 11) is 0. The molecule has 18 heavy (non-hydrogen) atoms. The Morgan fingerprint density at radius 3 is 2.44 bits per heavy atom. The van der Waals surface area contributed by atoms with E-state index in [1.807, 2.05) is 26.8 Å². The summed E-state index contributed by atoms with van der Waals surface area (Å²) < 4.78 is 0. The molecule has 0 atom stereocenters. The summed E-state index contributed by atoms with van der Waals surface area (Å²) in [5.41, 5.74) is 1.43. The molecule has 3 N–H and O–H groups in total. The molecule has 5 nitrogen and oxygen atoms in total. The average molecular weight is 249 g/mol. The molecule has 0 heterocycles. The number of nitrogens with one attached hydrogen (secondary N) is 2. The van der Waals surface area contributed by atoms with E-state index < -0.39 is 0 Å². The third-order valence-corrected chi connectivity index (χ3v) is 2.20. The summed E-state index contributed by atoms with van der Waals surface area (Å²) in [6, 6.07) is 6.87. The standard InChI is InChI=1S/C13H19N3O2/c1-9(16-18)10-7-5-6-8-11(10)14-12(17)15-13(2,3)4/h5-8,18H,1-4H3,(H2,14,15,17)/b16-9+. The molecule has 0 saturated heterocycles. The summed E-state index contributed by atoms with van der Waals surface area (Å²) in [4.78, 5) is 11.8. The van der Waals surface area contributed by atoms with Crippen LogP contribution >= 0.6 is 0 Å². The van der Waals surface area contributed by atoms with Gasteiger partial charge in [-0.25, -0.2) is 4.79 Å². The quantitative estimate of drug-likeness (QED) is 0.428. The second-order valence-electron chi connectivity index (χ2n) is 5.06. The molecular formula is C13H19N3O2. The topological polar surface area (TPSA) is 73.7 Å². The van der Waals surface area contributed by atoms with Crippen molar-refractivity contribution in [3.8, 4) is 0 Å². The van der Waals surface area contributed by atoms with Gasteiger partial charge in [-0.1, -0.05) is 23.4 Å². The lowest BCUT2D eigenvalue weighted by molar-refractivity contribution is 0.244. The molecule has 0 bridgehead atoms. The molecule has 0 radical (unpaired) electrons. The number of carbonyl (C=O) groups excluding carboxylic acids is 1. The van der Waals surface area contributed by atoms with E-state index in [1.54, 1.807) is 25.1 Å². The van der Waals surface area contributed by atoms with E-state index in [2.05, 4.69) is 15.8 Å². The van der Waals surface area contributed by atoms with E-state index in [9.17, 15) is 4.79 Å². The molecule has 0 fully saturated rings. The number of oxime groups is 1. The van der Waals surface area contributed by atoms with Crippen LogP contribution in [0.15, 0.2) is 29.4 Å². The molecule has 5 heteroatoms. The number of para-hydroxylation sites is 1. The Morgan fingerprint density at radius 1 is 1.28 bits per heavy atom. The molecule has 98 valence electrons. The Morgan fingerprint density at radius 2 is 1.89 bits per heavy atom. The number of rotatable bonds is 2. The zero-order valence-corrected chi connectivity index (χ0v) is 11.1. The monoisotopic (exact) mass is 249 g/mol. The third-order valence-electron chi connectivity index (χ3n) is 2.20. The van der Waals surface area contributed by atoms with E-state index in [0.717, 1.165) is 0 Å². The van der Waals surface area contributed by atoms with Crippen LogP contribution in [0.2, 0.25) is 0 Å². The van der Waals surface area contributed by atoms with Gasteiger partial charge in [0.05, 0.1) is 11.4 Å². The van der Waals surface area contributed by atoms with Crippen LogP contribution in [-0.2, 0) is 0 Å². The predicted octanol–water partition coefficient (Wildman–Crippen LogP) is 2.80. The smallest absolute Gasteiger partial charge is 0.319 e. The van der Waals surface area contributed by atoms with Crippen LogP contribution < -0.4 is 10.6 Å². The number of urea groups is 1. The van der Waals surface area contributed by atoms with E-state index >= 15 is 0 Å². The minimum atomic E-state index is -0.306. The Hall–Kier alpha value is -2.04. The van der Waals surface area contributed by atoms with Crippen molar-refractivity contribution in [2.75, 3.05) is 5.32 Å². The van der Waals surface area contributed by atoms with Gasteiger partial charge in [0.2, 0.25) is 0 Å². The number of carbonyl (C=O) groups is 1. The molecule has 0 aromatic heterocycles. The zero-order chi connectivity index (χ0) is 13.8. The van der Waals surface area contributed by atoms with Gasteiger partial charge in [-0.15, -0.1) is 0 Å². The molecular weight excluding hydrogens is 230 g/mol. The summed E-state index contributed by atoms with van der Waals surface area (Å²) in [5.74, 6) is 0. The SMILES string of the molecule is C/C(=N\O)c1ccccc1NC(=O)NC(C)(C)C. The highest BCUT2D eigenvalue weighted by Crippen LogP contribution is 2.16. The third kappa shape index (κ3) is 4.08. The van der Waals surface area contributed by atoms with Crippen molar-refractivity contribution >= 4 is 17.4 Å². The lowest BCUT2D eigenvalue weighted by Gasteiger charge is -2.21. The van der Waals surface area contributed by atoms with Gasteiger partial charge in [-0.3, -0.25) is 0 Å². The molecule has 0 aliphatic rings. The molecule has 1 aromatic rings. The highest BCUT2D eigenvalue weighted by atomic mass is 16.4. The normalized spacial score (nSPS) is 12.1. The lowest BCUT2D eigenvalue weighted by Crippen LogP contribution is -2.43. The number of nitrogens with zero attached hydrogens (tertiary/aromatic N) is 1. The number of amides is 2. The number of hydrogen-bond donors (Lipinski definition) is 3. The van der Waals surface area contributed by atoms with Gasteiger partial charge in [-0.05, 0) is 33.8 Å². The van der Waals surface area contributed by atoms with Crippen molar-refractivity contribution in [3.05, 3.63) is 29.8 Å². The van der Waals surface area contributed by atoms with E-state index in [-0.39, 0.29) is 11.6 Å². The Balaban J connectivity index is 2.88. The van der Waals surface area contributed by atoms with E-state index in [0.29, 0.717) is 17.0 Å². The van der Waals surface area contributed by atoms with E-state index in [1.165, 1.54) is 0 Å². The van der Waals surface area contributed by atoms with Gasteiger partial charge in [0.25, 0.3) is 0 Å². The van der Waals surface area contributed by atoms with Crippen molar-refractivity contribution in [3.63, 3.8) is 0 Å². The van der Waals surface area contributed by atoms with Gasteiger partial charge in [0, 0.05) is 11.1 Å². The van der Waals surface area contributed by atoms with Crippen LogP contribution in [0.5, 0.6) is 0 Å². The fourth-order valence-electron chi connectivity index (χ4n) is 1.46. The van der Waals surface area contributed by atoms with Crippen LogP contribution in [0.3, 0.4) is 0 Å². The lowest BCUT2D eigenvalue weighted by atomic mass is 10.1. The fourth-order valence-corrected chi connectivity index (χ4v) is 1.46. The zero-order valence-electron chi connectivity index (χ0n) is 11.1. The Labute approximate surface area is 107 Å². The van der Waals surface area contributed by atoms with Crippen LogP contribution in [-0.4, -0.2) is 22.5 Å².